The first kappa shape index (κ1) is 19.8. The van der Waals surface area contributed by atoms with Crippen molar-refractivity contribution < 1.29 is 17.9 Å². The molecule has 2 rings (SSSR count). The molecule has 2 aromatic rings. The molecule has 0 aliphatic heterocycles. The normalized spacial score (nSPS) is 12.7. The van der Waals surface area contributed by atoms with Crippen molar-refractivity contribution in [2.75, 3.05) is 14.2 Å². The Bertz CT molecular complexity index is 835. The van der Waals surface area contributed by atoms with E-state index in [9.17, 15) is 8.42 Å². The van der Waals surface area contributed by atoms with Crippen LogP contribution in [-0.2, 0) is 15.8 Å². The molecule has 0 aliphatic rings. The van der Waals surface area contributed by atoms with Crippen LogP contribution < -0.4 is 14.2 Å². The summed E-state index contributed by atoms with van der Waals surface area (Å²) in [6.07, 6.45) is 0. The number of nitrogens with one attached hydrogen (secondary N) is 1. The third-order valence-corrected chi connectivity index (χ3v) is 5.75. The van der Waals surface area contributed by atoms with Gasteiger partial charge in [0.2, 0.25) is 10.0 Å². The predicted molar refractivity (Wildman–Crippen MR) is 100 cm³/mol. The number of hydrogen-bond acceptors (Lipinski definition) is 4. The van der Waals surface area contributed by atoms with Crippen LogP contribution in [0.2, 0.25) is 10.0 Å². The van der Waals surface area contributed by atoms with E-state index in [2.05, 4.69) is 4.72 Å². The van der Waals surface area contributed by atoms with Crippen LogP contribution in [0, 0.1) is 0 Å². The summed E-state index contributed by atoms with van der Waals surface area (Å²) in [5, 5.41) is 0.619. The third-order valence-electron chi connectivity index (χ3n) is 3.66. The second kappa shape index (κ2) is 8.27. The van der Waals surface area contributed by atoms with Gasteiger partial charge in [-0.25, -0.2) is 13.1 Å². The molecule has 0 amide bonds. The number of ether oxygens (including phenoxy) is 2. The Morgan fingerprint density at radius 1 is 1.08 bits per heavy atom. The Labute approximate surface area is 157 Å². The summed E-state index contributed by atoms with van der Waals surface area (Å²) < 4.78 is 38.2. The third kappa shape index (κ3) is 5.01. The van der Waals surface area contributed by atoms with Crippen LogP contribution in [0.1, 0.15) is 24.1 Å². The van der Waals surface area contributed by atoms with E-state index in [0.717, 1.165) is 0 Å². The number of halogens is 2. The molecular formula is C17H19Cl2NO4S. The maximum atomic E-state index is 12.5. The van der Waals surface area contributed by atoms with Crippen LogP contribution >= 0.6 is 23.2 Å². The van der Waals surface area contributed by atoms with Gasteiger partial charge in [0.05, 0.1) is 20.0 Å². The average molecular weight is 404 g/mol. The molecule has 0 heterocycles. The van der Waals surface area contributed by atoms with Crippen molar-refractivity contribution >= 4 is 33.2 Å². The molecule has 5 nitrogen and oxygen atoms in total. The molecule has 0 radical (unpaired) electrons. The van der Waals surface area contributed by atoms with Gasteiger partial charge in [-0.1, -0.05) is 29.3 Å². The molecule has 0 aromatic heterocycles. The van der Waals surface area contributed by atoms with Gasteiger partial charge >= 0.3 is 0 Å². The second-order valence-corrected chi connectivity index (χ2v) is 7.97. The fourth-order valence-corrected chi connectivity index (χ4v) is 4.54. The van der Waals surface area contributed by atoms with E-state index in [4.69, 9.17) is 32.7 Å². The highest BCUT2D eigenvalue weighted by atomic mass is 35.5. The summed E-state index contributed by atoms with van der Waals surface area (Å²) in [6, 6.07) is 9.54. The molecule has 136 valence electrons. The molecule has 8 heteroatoms. The summed E-state index contributed by atoms with van der Waals surface area (Å²) >= 11 is 12.1. The van der Waals surface area contributed by atoms with Gasteiger partial charge in [0.25, 0.3) is 0 Å². The van der Waals surface area contributed by atoms with Crippen molar-refractivity contribution in [3.63, 3.8) is 0 Å². The van der Waals surface area contributed by atoms with Gasteiger partial charge in [-0.15, -0.1) is 0 Å². The molecule has 0 saturated carbocycles. The van der Waals surface area contributed by atoms with Gasteiger partial charge in [-0.05, 0) is 37.3 Å². The van der Waals surface area contributed by atoms with Crippen molar-refractivity contribution in [2.24, 2.45) is 0 Å². The Hall–Kier alpha value is -1.47. The van der Waals surface area contributed by atoms with Gasteiger partial charge in [-0.2, -0.15) is 0 Å². The Morgan fingerprint density at radius 3 is 2.28 bits per heavy atom. The topological polar surface area (TPSA) is 64.6 Å². The van der Waals surface area contributed by atoms with E-state index in [-0.39, 0.29) is 5.75 Å². The minimum Gasteiger partial charge on any atom is -0.497 e. The number of methoxy groups -OCH3 is 2. The van der Waals surface area contributed by atoms with Crippen LogP contribution in [0.5, 0.6) is 11.5 Å². The first-order valence-electron chi connectivity index (χ1n) is 7.42. The zero-order chi connectivity index (χ0) is 18.6. The fraction of sp³-hybridized carbons (Fsp3) is 0.294. The molecular weight excluding hydrogens is 385 g/mol. The lowest BCUT2D eigenvalue weighted by Gasteiger charge is -2.19. The van der Waals surface area contributed by atoms with E-state index in [1.165, 1.54) is 7.11 Å². The Morgan fingerprint density at radius 2 is 1.72 bits per heavy atom. The zero-order valence-electron chi connectivity index (χ0n) is 14.0. The van der Waals surface area contributed by atoms with Crippen molar-refractivity contribution in [2.45, 2.75) is 18.7 Å². The molecule has 0 aliphatic carbocycles. The number of benzene rings is 2. The molecule has 0 fully saturated rings. The Kier molecular flexibility index (Phi) is 6.57. The number of sulfonamides is 1. The van der Waals surface area contributed by atoms with Crippen molar-refractivity contribution in [1.29, 1.82) is 0 Å². The molecule has 0 saturated heterocycles. The Balaban J connectivity index is 2.26. The highest BCUT2D eigenvalue weighted by molar-refractivity contribution is 7.88. The van der Waals surface area contributed by atoms with Crippen molar-refractivity contribution in [3.8, 4) is 11.5 Å². The lowest BCUT2D eigenvalue weighted by atomic mass is 10.1. The smallest absolute Gasteiger partial charge is 0.216 e. The molecule has 0 bridgehead atoms. The van der Waals surface area contributed by atoms with E-state index in [0.29, 0.717) is 32.7 Å². The maximum Gasteiger partial charge on any atom is 0.216 e. The lowest BCUT2D eigenvalue weighted by Crippen LogP contribution is -2.28. The van der Waals surface area contributed by atoms with Crippen molar-refractivity contribution in [1.82, 2.24) is 4.72 Å². The zero-order valence-corrected chi connectivity index (χ0v) is 16.4. The highest BCUT2D eigenvalue weighted by Crippen LogP contribution is 2.31. The monoisotopic (exact) mass is 403 g/mol. The van der Waals surface area contributed by atoms with Crippen LogP contribution in [0.3, 0.4) is 0 Å². The molecule has 1 atom stereocenters. The first-order chi connectivity index (χ1) is 11.8. The summed E-state index contributed by atoms with van der Waals surface area (Å²) in [6.45, 7) is 1.73. The van der Waals surface area contributed by atoms with Crippen molar-refractivity contribution in [3.05, 3.63) is 57.6 Å². The lowest BCUT2D eigenvalue weighted by molar-refractivity contribution is 0.395. The number of hydrogen-bond donors (Lipinski definition) is 1. The fourth-order valence-electron chi connectivity index (χ4n) is 2.41. The van der Waals surface area contributed by atoms with Gasteiger partial charge in [0.15, 0.2) is 0 Å². The molecule has 1 unspecified atom stereocenters. The molecule has 0 spiro atoms. The summed E-state index contributed by atoms with van der Waals surface area (Å²) in [5.41, 5.74) is 1.03. The van der Waals surface area contributed by atoms with E-state index >= 15 is 0 Å². The van der Waals surface area contributed by atoms with Crippen LogP contribution in [0.15, 0.2) is 36.4 Å². The molecule has 25 heavy (non-hydrogen) atoms. The van der Waals surface area contributed by atoms with Gasteiger partial charge < -0.3 is 9.47 Å². The standard InChI is InChI=1S/C17H19Cl2NO4S/c1-11(13-9-12(23-2)7-8-17(13)24-3)20-25(21,22)10-14-15(18)5-4-6-16(14)19/h4-9,11,20H,10H2,1-3H3. The average Bonchev–Trinajstić information content (AvgIpc) is 2.57. The minimum absolute atomic E-state index is 0.310. The second-order valence-electron chi connectivity index (χ2n) is 5.41. The molecule has 1 N–H and O–H groups in total. The predicted octanol–water partition coefficient (Wildman–Crippen LogP) is 4.19. The van der Waals surface area contributed by atoms with Crippen LogP contribution in [0.25, 0.3) is 0 Å². The largest absolute Gasteiger partial charge is 0.497 e. The van der Waals surface area contributed by atoms with E-state index < -0.39 is 16.1 Å². The summed E-state index contributed by atoms with van der Waals surface area (Å²) in [7, 11) is -0.621. The summed E-state index contributed by atoms with van der Waals surface area (Å²) in [5.74, 6) is 0.852. The van der Waals surface area contributed by atoms with Gasteiger partial charge in [0.1, 0.15) is 11.5 Å². The van der Waals surface area contributed by atoms with E-state index in [1.807, 2.05) is 0 Å². The minimum atomic E-state index is -3.69. The van der Waals surface area contributed by atoms with Gasteiger partial charge in [-0.3, -0.25) is 0 Å². The maximum absolute atomic E-state index is 12.5. The quantitative estimate of drug-likeness (QED) is 0.752. The van der Waals surface area contributed by atoms with E-state index in [1.54, 1.807) is 50.4 Å². The van der Waals surface area contributed by atoms with Crippen LogP contribution in [-0.4, -0.2) is 22.6 Å². The molecule has 2 aromatic carbocycles. The number of rotatable bonds is 7. The SMILES string of the molecule is COc1ccc(OC)c(C(C)NS(=O)(=O)Cc2c(Cl)cccc2Cl)c1. The van der Waals surface area contributed by atoms with Gasteiger partial charge in [0, 0.05) is 27.2 Å². The first-order valence-corrected chi connectivity index (χ1v) is 9.83. The summed E-state index contributed by atoms with van der Waals surface area (Å²) in [4.78, 5) is 0. The van der Waals surface area contributed by atoms with Crippen LogP contribution in [0.4, 0.5) is 0 Å². The highest BCUT2D eigenvalue weighted by Gasteiger charge is 2.22.